The smallest absolute Gasteiger partial charge is 0.160 e. The third-order valence-electron chi connectivity index (χ3n) is 1.98. The van der Waals surface area contributed by atoms with Crippen molar-refractivity contribution in [1.82, 2.24) is 0 Å². The van der Waals surface area contributed by atoms with E-state index in [1.807, 2.05) is 6.92 Å². The summed E-state index contributed by atoms with van der Waals surface area (Å²) in [6.45, 7) is 6.81. The Bertz CT molecular complexity index is 117. The Labute approximate surface area is 87.4 Å². The molecule has 0 aromatic rings. The van der Waals surface area contributed by atoms with Crippen LogP contribution in [0.15, 0.2) is 0 Å². The van der Waals surface area contributed by atoms with Crippen LogP contribution in [-0.2, 0) is 9.47 Å². The van der Waals surface area contributed by atoms with Gasteiger partial charge >= 0.3 is 0 Å². The zero-order valence-electron chi connectivity index (χ0n) is 9.66. The minimum atomic E-state index is -0.687. The van der Waals surface area contributed by atoms with Gasteiger partial charge in [-0.2, -0.15) is 0 Å². The molecule has 0 saturated heterocycles. The van der Waals surface area contributed by atoms with Crippen molar-refractivity contribution in [2.45, 2.75) is 65.5 Å². The highest BCUT2D eigenvalue weighted by Crippen LogP contribution is 2.09. The lowest BCUT2D eigenvalue weighted by molar-refractivity contribution is -0.231. The van der Waals surface area contributed by atoms with E-state index >= 15 is 0 Å². The second-order valence-electron chi connectivity index (χ2n) is 3.44. The summed E-state index contributed by atoms with van der Waals surface area (Å²) in [5.74, 6) is 0. The first-order chi connectivity index (χ1) is 6.74. The number of rotatable bonds is 9. The molecule has 0 aliphatic heterocycles. The number of ether oxygens (including phenoxy) is 2. The Balaban J connectivity index is 3.65. The molecule has 1 N–H and O–H groups in total. The summed E-state index contributed by atoms with van der Waals surface area (Å²) < 4.78 is 10.8. The summed E-state index contributed by atoms with van der Waals surface area (Å²) in [5.41, 5.74) is 0. The first-order valence-electron chi connectivity index (χ1n) is 5.69. The van der Waals surface area contributed by atoms with Crippen molar-refractivity contribution >= 4 is 0 Å². The van der Waals surface area contributed by atoms with Gasteiger partial charge in [-0.25, -0.2) is 0 Å². The zero-order chi connectivity index (χ0) is 10.8. The van der Waals surface area contributed by atoms with Crippen molar-refractivity contribution in [3.8, 4) is 0 Å². The van der Waals surface area contributed by atoms with Crippen molar-refractivity contribution in [3.63, 3.8) is 0 Å². The van der Waals surface area contributed by atoms with Crippen molar-refractivity contribution in [3.05, 3.63) is 0 Å². The van der Waals surface area contributed by atoms with E-state index in [1.54, 1.807) is 0 Å². The van der Waals surface area contributed by atoms with Gasteiger partial charge in [0.15, 0.2) is 12.6 Å². The average molecular weight is 204 g/mol. The third-order valence-corrected chi connectivity index (χ3v) is 1.98. The molecule has 0 fully saturated rings. The largest absolute Gasteiger partial charge is 0.368 e. The molecule has 0 heterocycles. The second-order valence-corrected chi connectivity index (χ2v) is 3.44. The monoisotopic (exact) mass is 204 g/mol. The summed E-state index contributed by atoms with van der Waals surface area (Å²) in [6, 6.07) is 0. The maximum Gasteiger partial charge on any atom is 0.160 e. The first kappa shape index (κ1) is 13.9. The topological polar surface area (TPSA) is 38.7 Å². The van der Waals surface area contributed by atoms with Crippen LogP contribution in [-0.4, -0.2) is 24.3 Å². The molecule has 0 saturated carbocycles. The Morgan fingerprint density at radius 3 is 2.36 bits per heavy atom. The fourth-order valence-corrected chi connectivity index (χ4v) is 1.06. The molecule has 3 nitrogen and oxygen atoms in total. The SMILES string of the molecule is CCCCOC(CCC)OC(O)CC. The molecule has 2 atom stereocenters. The van der Waals surface area contributed by atoms with Gasteiger partial charge in [-0.15, -0.1) is 0 Å². The standard InChI is InChI=1S/C11H24O3/c1-4-7-9-13-11(8-5-2)14-10(12)6-3/h10-12H,4-9H2,1-3H3. The van der Waals surface area contributed by atoms with E-state index in [9.17, 15) is 5.11 Å². The van der Waals surface area contributed by atoms with Crippen LogP contribution in [0.5, 0.6) is 0 Å². The molecule has 2 unspecified atom stereocenters. The van der Waals surface area contributed by atoms with Crippen molar-refractivity contribution < 1.29 is 14.6 Å². The maximum atomic E-state index is 9.31. The van der Waals surface area contributed by atoms with Gasteiger partial charge in [0.25, 0.3) is 0 Å². The van der Waals surface area contributed by atoms with E-state index in [-0.39, 0.29) is 6.29 Å². The molecule has 86 valence electrons. The number of hydrogen-bond acceptors (Lipinski definition) is 3. The van der Waals surface area contributed by atoms with Crippen LogP contribution in [0.3, 0.4) is 0 Å². The summed E-state index contributed by atoms with van der Waals surface area (Å²) >= 11 is 0. The fraction of sp³-hybridized carbons (Fsp3) is 1.00. The number of unbranched alkanes of at least 4 members (excludes halogenated alkanes) is 1. The van der Waals surface area contributed by atoms with E-state index in [2.05, 4.69) is 13.8 Å². The highest BCUT2D eigenvalue weighted by atomic mass is 16.7. The maximum absolute atomic E-state index is 9.31. The Morgan fingerprint density at radius 1 is 1.14 bits per heavy atom. The molecular formula is C11H24O3. The summed E-state index contributed by atoms with van der Waals surface area (Å²) in [4.78, 5) is 0. The van der Waals surface area contributed by atoms with Crippen molar-refractivity contribution in [2.24, 2.45) is 0 Å². The minimum Gasteiger partial charge on any atom is -0.368 e. The lowest BCUT2D eigenvalue weighted by atomic mass is 10.3. The van der Waals surface area contributed by atoms with Gasteiger partial charge in [-0.3, -0.25) is 0 Å². The Hall–Kier alpha value is -0.120. The molecule has 0 aliphatic carbocycles. The van der Waals surface area contributed by atoms with Crippen LogP contribution in [0.2, 0.25) is 0 Å². The number of aliphatic hydroxyl groups is 1. The average Bonchev–Trinajstić information content (AvgIpc) is 2.18. The molecule has 0 aromatic heterocycles. The molecule has 3 heteroatoms. The van der Waals surface area contributed by atoms with Crippen LogP contribution in [0.4, 0.5) is 0 Å². The molecule has 0 aliphatic rings. The lowest BCUT2D eigenvalue weighted by Crippen LogP contribution is -2.24. The van der Waals surface area contributed by atoms with Crippen molar-refractivity contribution in [2.75, 3.05) is 6.61 Å². The van der Waals surface area contributed by atoms with Crippen molar-refractivity contribution in [1.29, 1.82) is 0 Å². The quantitative estimate of drug-likeness (QED) is 0.463. The highest BCUT2D eigenvalue weighted by Gasteiger charge is 2.12. The molecule has 0 aromatic carbocycles. The normalized spacial score (nSPS) is 15.4. The second kappa shape index (κ2) is 9.44. The molecular weight excluding hydrogens is 180 g/mol. The Kier molecular flexibility index (Phi) is 9.35. The predicted molar refractivity (Wildman–Crippen MR) is 56.9 cm³/mol. The van der Waals surface area contributed by atoms with Gasteiger partial charge in [0.2, 0.25) is 0 Å². The molecule has 0 radical (unpaired) electrons. The number of hydrogen-bond donors (Lipinski definition) is 1. The summed E-state index contributed by atoms with van der Waals surface area (Å²) in [7, 11) is 0. The lowest BCUT2D eigenvalue weighted by Gasteiger charge is -2.20. The summed E-state index contributed by atoms with van der Waals surface area (Å²) in [5, 5.41) is 9.31. The van der Waals surface area contributed by atoms with E-state index in [4.69, 9.17) is 9.47 Å². The van der Waals surface area contributed by atoms with E-state index in [0.717, 1.165) is 32.3 Å². The van der Waals surface area contributed by atoms with Crippen LogP contribution in [0.1, 0.15) is 52.9 Å². The molecule has 0 rings (SSSR count). The minimum absolute atomic E-state index is 0.235. The van der Waals surface area contributed by atoms with E-state index in [0.29, 0.717) is 6.42 Å². The Morgan fingerprint density at radius 2 is 1.86 bits per heavy atom. The van der Waals surface area contributed by atoms with Crippen LogP contribution < -0.4 is 0 Å². The van der Waals surface area contributed by atoms with Gasteiger partial charge in [-0.05, 0) is 19.3 Å². The van der Waals surface area contributed by atoms with Gasteiger partial charge in [-0.1, -0.05) is 33.6 Å². The fourth-order valence-electron chi connectivity index (χ4n) is 1.06. The van der Waals surface area contributed by atoms with Crippen LogP contribution in [0, 0.1) is 0 Å². The zero-order valence-corrected chi connectivity index (χ0v) is 9.66. The van der Waals surface area contributed by atoms with Gasteiger partial charge < -0.3 is 14.6 Å². The number of aliphatic hydroxyl groups excluding tert-OH is 1. The first-order valence-corrected chi connectivity index (χ1v) is 5.69. The van der Waals surface area contributed by atoms with E-state index in [1.165, 1.54) is 0 Å². The van der Waals surface area contributed by atoms with Gasteiger partial charge in [0, 0.05) is 6.61 Å². The molecule has 0 amide bonds. The van der Waals surface area contributed by atoms with Crippen LogP contribution >= 0.6 is 0 Å². The summed E-state index contributed by atoms with van der Waals surface area (Å²) in [6.07, 6.45) is 3.71. The molecule has 0 bridgehead atoms. The van der Waals surface area contributed by atoms with Gasteiger partial charge in [0.05, 0.1) is 0 Å². The molecule has 0 spiro atoms. The van der Waals surface area contributed by atoms with Crippen LogP contribution in [0.25, 0.3) is 0 Å². The van der Waals surface area contributed by atoms with E-state index < -0.39 is 6.29 Å². The third kappa shape index (κ3) is 7.30. The molecule has 14 heavy (non-hydrogen) atoms. The van der Waals surface area contributed by atoms with Gasteiger partial charge in [0.1, 0.15) is 0 Å². The highest BCUT2D eigenvalue weighted by molar-refractivity contribution is 4.46. The predicted octanol–water partition coefficient (Wildman–Crippen LogP) is 2.67.